The first-order chi connectivity index (χ1) is 15.3. The van der Waals surface area contributed by atoms with E-state index in [-0.39, 0.29) is 17.8 Å². The predicted octanol–water partition coefficient (Wildman–Crippen LogP) is 6.66. The van der Waals surface area contributed by atoms with E-state index in [9.17, 15) is 14.7 Å². The molecule has 0 fully saturated rings. The van der Waals surface area contributed by atoms with Crippen LogP contribution in [0, 0.1) is 0 Å². The van der Waals surface area contributed by atoms with Gasteiger partial charge in [0.25, 0.3) is 0 Å². The molecule has 2 N–H and O–H groups in total. The lowest BCUT2D eigenvalue weighted by molar-refractivity contribution is -0.132. The monoisotopic (exact) mass is 435 g/mol. The standard InChI is InChI=1S/C28H37NO3/c1-5-6-8-16-23-25(29-19-22-14-9-7-10-15-22)26(30)24(28(32)27(23)31)18-17-21(4)13-11-12-20(2)3/h7,9-10,12,14-15,17,29-30H,5-6,8,11,13,16,18-19H2,1-4H3. The third kappa shape index (κ3) is 7.37. The minimum Gasteiger partial charge on any atom is -0.505 e. The Labute approximate surface area is 192 Å². The molecule has 0 atom stereocenters. The highest BCUT2D eigenvalue weighted by Gasteiger charge is 2.34. The fraction of sp³-hybridized carbons (Fsp3) is 0.429. The molecule has 1 aliphatic carbocycles. The maximum atomic E-state index is 13.0. The Balaban J connectivity index is 2.28. The van der Waals surface area contributed by atoms with Crippen molar-refractivity contribution >= 4 is 11.6 Å². The lowest BCUT2D eigenvalue weighted by Gasteiger charge is -2.22. The molecule has 0 bridgehead atoms. The number of aliphatic hydroxyl groups excluding tert-OH is 1. The molecule has 172 valence electrons. The van der Waals surface area contributed by atoms with Crippen molar-refractivity contribution in [2.75, 3.05) is 0 Å². The van der Waals surface area contributed by atoms with Crippen molar-refractivity contribution < 1.29 is 14.7 Å². The van der Waals surface area contributed by atoms with Crippen molar-refractivity contribution in [2.45, 2.75) is 79.2 Å². The molecular weight excluding hydrogens is 398 g/mol. The van der Waals surface area contributed by atoms with Crippen LogP contribution in [0.5, 0.6) is 0 Å². The molecule has 4 nitrogen and oxygen atoms in total. The second-order valence-electron chi connectivity index (χ2n) is 8.71. The maximum absolute atomic E-state index is 13.0. The molecule has 0 radical (unpaired) electrons. The minimum absolute atomic E-state index is 0.0784. The van der Waals surface area contributed by atoms with Gasteiger partial charge < -0.3 is 10.4 Å². The molecule has 0 amide bonds. The van der Waals surface area contributed by atoms with Gasteiger partial charge in [-0.05, 0) is 58.4 Å². The number of ketones is 2. The van der Waals surface area contributed by atoms with Crippen molar-refractivity contribution in [3.8, 4) is 0 Å². The summed E-state index contributed by atoms with van der Waals surface area (Å²) in [5, 5.41) is 14.3. The van der Waals surface area contributed by atoms with Gasteiger partial charge in [-0.3, -0.25) is 9.59 Å². The van der Waals surface area contributed by atoms with Crippen LogP contribution in [0.3, 0.4) is 0 Å². The van der Waals surface area contributed by atoms with Crippen LogP contribution in [0.25, 0.3) is 0 Å². The van der Waals surface area contributed by atoms with Crippen LogP contribution in [0.1, 0.15) is 78.2 Å². The SMILES string of the molecule is CCCCCC1=C(NCc2ccccc2)C(O)=C(CC=C(C)CCC=C(C)C)C(=O)C1=O. The summed E-state index contributed by atoms with van der Waals surface area (Å²) in [7, 11) is 0. The van der Waals surface area contributed by atoms with Gasteiger partial charge in [0.05, 0.1) is 11.3 Å². The van der Waals surface area contributed by atoms with Crippen molar-refractivity contribution in [1.82, 2.24) is 5.32 Å². The van der Waals surface area contributed by atoms with Crippen molar-refractivity contribution in [3.63, 3.8) is 0 Å². The number of benzene rings is 1. The van der Waals surface area contributed by atoms with Gasteiger partial charge in [-0.25, -0.2) is 0 Å². The lowest BCUT2D eigenvalue weighted by atomic mass is 9.87. The summed E-state index contributed by atoms with van der Waals surface area (Å²) in [5.74, 6) is -1.14. The molecule has 1 aromatic carbocycles. The zero-order chi connectivity index (χ0) is 23.5. The van der Waals surface area contributed by atoms with Crippen LogP contribution < -0.4 is 5.32 Å². The average molecular weight is 436 g/mol. The topological polar surface area (TPSA) is 66.4 Å². The highest BCUT2D eigenvalue weighted by molar-refractivity contribution is 6.50. The molecule has 32 heavy (non-hydrogen) atoms. The van der Waals surface area contributed by atoms with Crippen molar-refractivity contribution in [2.24, 2.45) is 0 Å². The molecule has 1 aromatic rings. The van der Waals surface area contributed by atoms with Gasteiger partial charge in [-0.2, -0.15) is 0 Å². The lowest BCUT2D eigenvalue weighted by Crippen LogP contribution is -2.31. The summed E-state index contributed by atoms with van der Waals surface area (Å²) in [4.78, 5) is 25.8. The van der Waals surface area contributed by atoms with E-state index in [4.69, 9.17) is 0 Å². The molecule has 0 aliphatic heterocycles. The Hall–Kier alpha value is -2.88. The molecule has 0 spiro atoms. The van der Waals surface area contributed by atoms with Crippen LogP contribution >= 0.6 is 0 Å². The number of allylic oxidation sites excluding steroid dienone is 6. The summed E-state index contributed by atoms with van der Waals surface area (Å²) >= 11 is 0. The number of nitrogens with one attached hydrogen (secondary N) is 1. The summed E-state index contributed by atoms with van der Waals surface area (Å²) in [5.41, 5.74) is 4.47. The Bertz CT molecular complexity index is 929. The molecule has 0 heterocycles. The fourth-order valence-corrected chi connectivity index (χ4v) is 3.71. The van der Waals surface area contributed by atoms with Gasteiger partial charge in [-0.15, -0.1) is 0 Å². The number of hydrogen-bond acceptors (Lipinski definition) is 4. The zero-order valence-corrected chi connectivity index (χ0v) is 20.0. The highest BCUT2D eigenvalue weighted by atomic mass is 16.3. The van der Waals surface area contributed by atoms with Crippen molar-refractivity contribution in [1.29, 1.82) is 0 Å². The normalized spacial score (nSPS) is 14.8. The number of carbonyl (C=O) groups is 2. The summed E-state index contributed by atoms with van der Waals surface area (Å²) in [6.45, 7) is 8.74. The Morgan fingerprint density at radius 2 is 1.66 bits per heavy atom. The Morgan fingerprint density at radius 3 is 2.31 bits per heavy atom. The first kappa shape index (κ1) is 25.4. The summed E-state index contributed by atoms with van der Waals surface area (Å²) in [6, 6.07) is 9.82. The van der Waals surface area contributed by atoms with Gasteiger partial charge in [-0.1, -0.05) is 73.4 Å². The van der Waals surface area contributed by atoms with Gasteiger partial charge in [0, 0.05) is 12.1 Å². The smallest absolute Gasteiger partial charge is 0.233 e. The van der Waals surface area contributed by atoms with E-state index in [1.54, 1.807) is 0 Å². The van der Waals surface area contributed by atoms with Crippen molar-refractivity contribution in [3.05, 3.63) is 81.8 Å². The summed E-state index contributed by atoms with van der Waals surface area (Å²) in [6.07, 6.45) is 9.51. The number of aliphatic hydroxyl groups is 1. The van der Waals surface area contributed by atoms with E-state index in [1.165, 1.54) is 5.57 Å². The number of rotatable bonds is 12. The highest BCUT2D eigenvalue weighted by Crippen LogP contribution is 2.29. The Kier molecular flexibility index (Phi) is 10.2. The van der Waals surface area contributed by atoms with E-state index in [0.717, 1.165) is 43.2 Å². The van der Waals surface area contributed by atoms with E-state index in [1.807, 2.05) is 43.3 Å². The quantitative estimate of drug-likeness (QED) is 0.167. The molecule has 2 rings (SSSR count). The van der Waals surface area contributed by atoms with Gasteiger partial charge in [0.2, 0.25) is 11.6 Å². The first-order valence-electron chi connectivity index (χ1n) is 11.7. The van der Waals surface area contributed by atoms with Crippen LogP contribution in [0.4, 0.5) is 0 Å². The third-order valence-corrected chi connectivity index (χ3v) is 5.67. The molecule has 1 aliphatic rings. The van der Waals surface area contributed by atoms with Gasteiger partial charge in [0.15, 0.2) is 0 Å². The number of carbonyl (C=O) groups excluding carboxylic acids is 2. The zero-order valence-electron chi connectivity index (χ0n) is 20.0. The second-order valence-corrected chi connectivity index (χ2v) is 8.71. The molecule has 0 unspecified atom stereocenters. The summed E-state index contributed by atoms with van der Waals surface area (Å²) < 4.78 is 0. The fourth-order valence-electron chi connectivity index (χ4n) is 3.71. The largest absolute Gasteiger partial charge is 0.505 e. The number of hydrogen-bond donors (Lipinski definition) is 2. The Morgan fingerprint density at radius 1 is 0.969 bits per heavy atom. The number of unbranched alkanes of at least 4 members (excludes halogenated alkanes) is 2. The molecular formula is C28H37NO3. The van der Waals surface area contributed by atoms with Gasteiger partial charge in [0.1, 0.15) is 5.76 Å². The van der Waals surface area contributed by atoms with Crippen LogP contribution in [-0.4, -0.2) is 16.7 Å². The minimum atomic E-state index is -0.576. The number of Topliss-reactive ketones (excluding diaryl/α,β-unsaturated/α-hetero) is 2. The van der Waals surface area contributed by atoms with E-state index < -0.39 is 11.6 Å². The first-order valence-corrected chi connectivity index (χ1v) is 11.7. The second kappa shape index (κ2) is 12.8. The molecule has 0 aromatic heterocycles. The average Bonchev–Trinajstić information content (AvgIpc) is 2.77. The van der Waals surface area contributed by atoms with Gasteiger partial charge >= 0.3 is 0 Å². The molecule has 4 heteroatoms. The van der Waals surface area contributed by atoms with Crippen LogP contribution in [0.15, 0.2) is 76.2 Å². The molecule has 0 saturated carbocycles. The maximum Gasteiger partial charge on any atom is 0.233 e. The van der Waals surface area contributed by atoms with Crippen LogP contribution in [-0.2, 0) is 16.1 Å². The molecule has 0 saturated heterocycles. The predicted molar refractivity (Wildman–Crippen MR) is 131 cm³/mol. The van der Waals surface area contributed by atoms with E-state index >= 15 is 0 Å². The van der Waals surface area contributed by atoms with Crippen LogP contribution in [0.2, 0.25) is 0 Å². The van der Waals surface area contributed by atoms with E-state index in [0.29, 0.717) is 24.2 Å². The van der Waals surface area contributed by atoms with E-state index in [2.05, 4.69) is 32.2 Å². The third-order valence-electron chi connectivity index (χ3n) is 5.67.